The molecule has 0 bridgehead atoms. The molecule has 1 heterocycles. The molecule has 0 unspecified atom stereocenters. The van der Waals surface area contributed by atoms with E-state index < -0.39 is 5.91 Å². The van der Waals surface area contributed by atoms with E-state index in [1.807, 2.05) is 12.1 Å². The average molecular weight is 480 g/mol. The van der Waals surface area contributed by atoms with Gasteiger partial charge >= 0.3 is 0 Å². The summed E-state index contributed by atoms with van der Waals surface area (Å²) in [6, 6.07) is 20.6. The highest BCUT2D eigenvalue weighted by molar-refractivity contribution is 8.18. The lowest BCUT2D eigenvalue weighted by atomic mass is 10.1. The third-order valence-corrected chi connectivity index (χ3v) is 5.97. The minimum atomic E-state index is -0.400. The summed E-state index contributed by atoms with van der Waals surface area (Å²) in [5.41, 5.74) is 1.04. The number of amides is 2. The highest BCUT2D eigenvalue weighted by Gasteiger charge is 2.35. The fraction of sp³-hybridized carbons (Fsp3) is 0.154. The lowest BCUT2D eigenvalue weighted by Crippen LogP contribution is -2.32. The highest BCUT2D eigenvalue weighted by atomic mass is 32.2. The molecule has 0 N–H and O–H groups in total. The molecular formula is C26H22FNO5S. The normalized spacial score (nSPS) is 14.5. The molecule has 6 nitrogen and oxygen atoms in total. The van der Waals surface area contributed by atoms with Crippen LogP contribution in [-0.4, -0.2) is 36.3 Å². The number of nitrogens with zero attached hydrogens (tertiary/aromatic N) is 1. The van der Waals surface area contributed by atoms with Gasteiger partial charge in [0.1, 0.15) is 24.8 Å². The number of rotatable bonds is 9. The molecule has 1 fully saturated rings. The molecule has 1 aliphatic rings. The molecule has 34 heavy (non-hydrogen) atoms. The van der Waals surface area contributed by atoms with Gasteiger partial charge in [0.05, 0.1) is 18.6 Å². The molecule has 0 radical (unpaired) electrons. The number of para-hydroxylation sites is 3. The third kappa shape index (κ3) is 5.40. The lowest BCUT2D eigenvalue weighted by molar-refractivity contribution is -0.123. The summed E-state index contributed by atoms with van der Waals surface area (Å²) in [6.07, 6.45) is 1.61. The number of carbonyl (C=O) groups excluding carboxylic acids is 2. The number of halogens is 1. The Balaban J connectivity index is 1.42. The molecule has 3 aromatic rings. The van der Waals surface area contributed by atoms with Crippen LogP contribution in [0.15, 0.2) is 77.7 Å². The molecule has 1 aliphatic heterocycles. The fourth-order valence-electron chi connectivity index (χ4n) is 3.32. The van der Waals surface area contributed by atoms with Gasteiger partial charge in [-0.1, -0.05) is 48.5 Å². The quantitative estimate of drug-likeness (QED) is 0.376. The standard InChI is InChI=1S/C26H22FNO5S/c1-31-22-12-6-7-13-23(22)32-15-14-28-25(29)24(34-26(28)30)16-18-8-3-5-11-21(18)33-17-19-9-2-4-10-20(19)27/h2-13,16H,14-15,17H2,1H3/b24-16-. The molecule has 0 atom stereocenters. The minimum Gasteiger partial charge on any atom is -0.493 e. The first kappa shape index (κ1) is 23.4. The van der Waals surface area contributed by atoms with E-state index in [0.717, 1.165) is 16.7 Å². The lowest BCUT2D eigenvalue weighted by Gasteiger charge is -2.14. The van der Waals surface area contributed by atoms with Crippen molar-refractivity contribution in [3.8, 4) is 17.2 Å². The van der Waals surface area contributed by atoms with Crippen molar-refractivity contribution in [2.45, 2.75) is 6.61 Å². The summed E-state index contributed by atoms with van der Waals surface area (Å²) in [7, 11) is 1.54. The van der Waals surface area contributed by atoms with E-state index in [2.05, 4.69) is 0 Å². The maximum absolute atomic E-state index is 13.9. The van der Waals surface area contributed by atoms with E-state index in [1.165, 1.54) is 6.07 Å². The van der Waals surface area contributed by atoms with Gasteiger partial charge in [0.25, 0.3) is 11.1 Å². The van der Waals surface area contributed by atoms with Crippen molar-refractivity contribution in [1.82, 2.24) is 4.90 Å². The summed E-state index contributed by atoms with van der Waals surface area (Å²) in [5, 5.41) is -0.371. The van der Waals surface area contributed by atoms with Crippen molar-refractivity contribution < 1.29 is 28.2 Å². The predicted octanol–water partition coefficient (Wildman–Crippen LogP) is 5.53. The van der Waals surface area contributed by atoms with E-state index in [0.29, 0.717) is 28.4 Å². The monoisotopic (exact) mass is 479 g/mol. The Hall–Kier alpha value is -3.78. The molecule has 4 rings (SSSR count). The van der Waals surface area contributed by atoms with Crippen molar-refractivity contribution in [2.24, 2.45) is 0 Å². The molecule has 2 amide bonds. The van der Waals surface area contributed by atoms with Crippen LogP contribution in [0.1, 0.15) is 11.1 Å². The number of thioether (sulfide) groups is 1. The number of ether oxygens (including phenoxy) is 3. The second kappa shape index (κ2) is 10.9. The van der Waals surface area contributed by atoms with Crippen LogP contribution in [0.4, 0.5) is 9.18 Å². The zero-order valence-electron chi connectivity index (χ0n) is 18.4. The second-order valence-electron chi connectivity index (χ2n) is 7.25. The molecular weight excluding hydrogens is 457 g/mol. The van der Waals surface area contributed by atoms with Crippen molar-refractivity contribution in [2.75, 3.05) is 20.3 Å². The van der Waals surface area contributed by atoms with Gasteiger partial charge in [-0.3, -0.25) is 14.5 Å². The van der Waals surface area contributed by atoms with E-state index in [-0.39, 0.29) is 35.7 Å². The first-order valence-electron chi connectivity index (χ1n) is 10.5. The smallest absolute Gasteiger partial charge is 0.293 e. The largest absolute Gasteiger partial charge is 0.493 e. The summed E-state index contributed by atoms with van der Waals surface area (Å²) in [5.74, 6) is 0.841. The predicted molar refractivity (Wildman–Crippen MR) is 128 cm³/mol. The first-order valence-corrected chi connectivity index (χ1v) is 11.3. The number of benzene rings is 3. The van der Waals surface area contributed by atoms with Gasteiger partial charge in [0.15, 0.2) is 11.5 Å². The topological polar surface area (TPSA) is 65.1 Å². The molecule has 3 aromatic carbocycles. The first-order chi connectivity index (χ1) is 16.6. The van der Waals surface area contributed by atoms with E-state index in [9.17, 15) is 14.0 Å². The molecule has 0 spiro atoms. The van der Waals surface area contributed by atoms with Crippen LogP contribution in [0.3, 0.4) is 0 Å². The van der Waals surface area contributed by atoms with Crippen molar-refractivity contribution in [3.63, 3.8) is 0 Å². The number of hydrogen-bond acceptors (Lipinski definition) is 6. The number of hydrogen-bond donors (Lipinski definition) is 0. The number of imide groups is 1. The van der Waals surface area contributed by atoms with Gasteiger partial charge in [-0.2, -0.15) is 0 Å². The van der Waals surface area contributed by atoms with E-state index in [1.54, 1.807) is 67.8 Å². The van der Waals surface area contributed by atoms with Crippen LogP contribution in [0.5, 0.6) is 17.2 Å². The zero-order chi connectivity index (χ0) is 23.9. The third-order valence-electron chi connectivity index (χ3n) is 5.06. The van der Waals surface area contributed by atoms with E-state index in [4.69, 9.17) is 14.2 Å². The maximum Gasteiger partial charge on any atom is 0.293 e. The summed E-state index contributed by atoms with van der Waals surface area (Å²) >= 11 is 0.859. The van der Waals surface area contributed by atoms with Gasteiger partial charge in [-0.25, -0.2) is 4.39 Å². The minimum absolute atomic E-state index is 0.0410. The number of carbonyl (C=O) groups is 2. The second-order valence-corrected chi connectivity index (χ2v) is 8.24. The van der Waals surface area contributed by atoms with Gasteiger partial charge < -0.3 is 14.2 Å². The molecule has 174 valence electrons. The number of methoxy groups -OCH3 is 1. The zero-order valence-corrected chi connectivity index (χ0v) is 19.2. The summed E-state index contributed by atoms with van der Waals surface area (Å²) in [6.45, 7) is 0.277. The van der Waals surface area contributed by atoms with Crippen LogP contribution >= 0.6 is 11.8 Å². The molecule has 0 aromatic heterocycles. The SMILES string of the molecule is COc1ccccc1OCCN1C(=O)S/C(=C\c2ccccc2OCc2ccccc2F)C1=O. The van der Waals surface area contributed by atoms with Crippen LogP contribution < -0.4 is 14.2 Å². The van der Waals surface area contributed by atoms with Crippen LogP contribution in [0.25, 0.3) is 6.08 Å². The molecule has 1 saturated heterocycles. The van der Waals surface area contributed by atoms with Gasteiger partial charge in [-0.05, 0) is 42.1 Å². The highest BCUT2D eigenvalue weighted by Crippen LogP contribution is 2.34. The fourth-order valence-corrected chi connectivity index (χ4v) is 4.18. The molecule has 0 saturated carbocycles. The Morgan fingerprint density at radius 2 is 1.56 bits per heavy atom. The van der Waals surface area contributed by atoms with Gasteiger partial charge in [0, 0.05) is 11.1 Å². The molecule has 0 aliphatic carbocycles. The Kier molecular flexibility index (Phi) is 7.49. The van der Waals surface area contributed by atoms with Gasteiger partial charge in [0.2, 0.25) is 0 Å². The van der Waals surface area contributed by atoms with Gasteiger partial charge in [-0.15, -0.1) is 0 Å². The summed E-state index contributed by atoms with van der Waals surface area (Å²) < 4.78 is 30.6. The van der Waals surface area contributed by atoms with Crippen molar-refractivity contribution >= 4 is 29.0 Å². The molecule has 8 heteroatoms. The Morgan fingerprint density at radius 1 is 0.882 bits per heavy atom. The average Bonchev–Trinajstić information content (AvgIpc) is 3.12. The maximum atomic E-state index is 13.9. The van der Waals surface area contributed by atoms with Crippen molar-refractivity contribution in [3.05, 3.63) is 94.6 Å². The Bertz CT molecular complexity index is 1230. The Labute approximate surface area is 200 Å². The summed E-state index contributed by atoms with van der Waals surface area (Å²) in [4.78, 5) is 26.8. The van der Waals surface area contributed by atoms with Crippen LogP contribution in [-0.2, 0) is 11.4 Å². The van der Waals surface area contributed by atoms with Crippen LogP contribution in [0, 0.1) is 5.82 Å². The van der Waals surface area contributed by atoms with Crippen LogP contribution in [0.2, 0.25) is 0 Å². The Morgan fingerprint density at radius 3 is 2.32 bits per heavy atom. The van der Waals surface area contributed by atoms with E-state index >= 15 is 0 Å². The van der Waals surface area contributed by atoms with Crippen molar-refractivity contribution in [1.29, 1.82) is 0 Å².